The molecule has 8 nitrogen and oxygen atoms in total. The van der Waals surface area contributed by atoms with Gasteiger partial charge >= 0.3 is 0 Å². The van der Waals surface area contributed by atoms with Gasteiger partial charge in [0.15, 0.2) is 0 Å². The molecule has 0 atom stereocenters. The summed E-state index contributed by atoms with van der Waals surface area (Å²) in [5.41, 5.74) is 4.35. The number of nitrogens with one attached hydrogen (secondary N) is 2. The highest BCUT2D eigenvalue weighted by Crippen LogP contribution is 2.30. The molecule has 0 aliphatic carbocycles. The summed E-state index contributed by atoms with van der Waals surface area (Å²) in [6.45, 7) is 8.37. The van der Waals surface area contributed by atoms with Gasteiger partial charge in [0.25, 0.3) is 0 Å². The molecular weight excluding hydrogens is 495 g/mol. The van der Waals surface area contributed by atoms with E-state index in [9.17, 15) is 4.79 Å². The van der Waals surface area contributed by atoms with E-state index in [4.69, 9.17) is 9.72 Å². The van der Waals surface area contributed by atoms with Crippen LogP contribution in [-0.2, 0) is 9.53 Å². The molecule has 1 aliphatic heterocycles. The maximum Gasteiger partial charge on any atom is 0.247 e. The molecule has 5 rings (SSSR count). The minimum atomic E-state index is -0.287. The summed E-state index contributed by atoms with van der Waals surface area (Å²) >= 11 is 0. The average Bonchev–Trinajstić information content (AvgIpc) is 2.96. The van der Waals surface area contributed by atoms with Gasteiger partial charge in [-0.25, -0.2) is 14.4 Å². The van der Waals surface area contributed by atoms with Crippen molar-refractivity contribution in [2.45, 2.75) is 0 Å². The van der Waals surface area contributed by atoms with Crippen LogP contribution in [0.4, 0.5) is 27.4 Å². The molecule has 1 aliphatic rings. The van der Waals surface area contributed by atoms with E-state index in [-0.39, 0.29) is 11.7 Å². The summed E-state index contributed by atoms with van der Waals surface area (Å²) in [5, 5.41) is 6.80. The average molecular weight is 527 g/mol. The highest BCUT2D eigenvalue weighted by atomic mass is 19.1. The summed E-state index contributed by atoms with van der Waals surface area (Å²) in [5.74, 6) is -0.198. The van der Waals surface area contributed by atoms with Crippen molar-refractivity contribution in [3.05, 3.63) is 85.3 Å². The quantitative estimate of drug-likeness (QED) is 0.295. The largest absolute Gasteiger partial charge is 0.383 e. The zero-order valence-corrected chi connectivity index (χ0v) is 21.9. The number of benzene rings is 3. The molecule has 39 heavy (non-hydrogen) atoms. The number of fused-ring (bicyclic) bond motifs is 1. The lowest BCUT2D eigenvalue weighted by molar-refractivity contribution is -0.111. The van der Waals surface area contributed by atoms with Crippen LogP contribution in [0, 0.1) is 5.82 Å². The standard InChI is InChI=1S/C30H31FN6O2/c1-3-28(38)33-23-8-4-6-21(18-23)25-9-5-7-22-20-32-30(35-29(22)25)34-24-10-11-27(26(31)19-24)37-14-12-36(13-15-37)16-17-39-2/h3-11,18-20H,1,12-17H2,2H3,(H,33,38)(H,32,34,35). The van der Waals surface area contributed by atoms with E-state index in [2.05, 4.69) is 32.0 Å². The Morgan fingerprint density at radius 2 is 1.90 bits per heavy atom. The van der Waals surface area contributed by atoms with Crippen molar-refractivity contribution in [3.8, 4) is 11.1 Å². The number of carbonyl (C=O) groups excluding carboxylic acids is 1. The molecule has 1 fully saturated rings. The first-order chi connectivity index (χ1) is 19.0. The molecule has 2 N–H and O–H groups in total. The number of methoxy groups -OCH3 is 1. The van der Waals surface area contributed by atoms with E-state index in [1.165, 1.54) is 12.1 Å². The third-order valence-electron chi connectivity index (χ3n) is 6.77. The summed E-state index contributed by atoms with van der Waals surface area (Å²) in [4.78, 5) is 25.3. The molecule has 0 unspecified atom stereocenters. The number of piperazine rings is 1. The van der Waals surface area contributed by atoms with Gasteiger partial charge in [-0.3, -0.25) is 9.69 Å². The van der Waals surface area contributed by atoms with Crippen LogP contribution >= 0.6 is 0 Å². The molecule has 0 radical (unpaired) electrons. The van der Waals surface area contributed by atoms with Crippen molar-refractivity contribution < 1.29 is 13.9 Å². The first-order valence-electron chi connectivity index (χ1n) is 12.9. The molecule has 3 aromatic carbocycles. The Hall–Kier alpha value is -4.34. The summed E-state index contributed by atoms with van der Waals surface area (Å²) in [6, 6.07) is 18.5. The van der Waals surface area contributed by atoms with Crippen LogP contribution in [0.3, 0.4) is 0 Å². The van der Waals surface area contributed by atoms with Gasteiger partial charge in [0.1, 0.15) is 5.82 Å². The van der Waals surface area contributed by atoms with Crippen molar-refractivity contribution in [3.63, 3.8) is 0 Å². The van der Waals surface area contributed by atoms with E-state index < -0.39 is 0 Å². The number of amides is 1. The van der Waals surface area contributed by atoms with Crippen molar-refractivity contribution in [1.29, 1.82) is 0 Å². The minimum Gasteiger partial charge on any atom is -0.383 e. The number of hydrogen-bond acceptors (Lipinski definition) is 7. The van der Waals surface area contributed by atoms with Crippen molar-refractivity contribution in [2.24, 2.45) is 0 Å². The Labute approximate surface area is 227 Å². The fraction of sp³-hybridized carbons (Fsp3) is 0.233. The Morgan fingerprint density at radius 1 is 1.08 bits per heavy atom. The van der Waals surface area contributed by atoms with Crippen LogP contribution in [0.1, 0.15) is 0 Å². The molecule has 9 heteroatoms. The number of aromatic nitrogens is 2. The van der Waals surface area contributed by atoms with Gasteiger partial charge in [0.05, 0.1) is 17.8 Å². The number of para-hydroxylation sites is 1. The molecular formula is C30H31FN6O2. The van der Waals surface area contributed by atoms with Crippen LogP contribution < -0.4 is 15.5 Å². The fourth-order valence-corrected chi connectivity index (χ4v) is 4.71. The highest BCUT2D eigenvalue weighted by Gasteiger charge is 2.19. The third kappa shape index (κ3) is 6.22. The SMILES string of the molecule is C=CC(=O)Nc1cccc(-c2cccc3cnc(Nc4ccc(N5CCN(CCOC)CC5)c(F)c4)nc23)c1. The van der Waals surface area contributed by atoms with Gasteiger partial charge < -0.3 is 20.3 Å². The zero-order valence-electron chi connectivity index (χ0n) is 21.9. The molecule has 200 valence electrons. The number of ether oxygens (including phenoxy) is 1. The second-order valence-corrected chi connectivity index (χ2v) is 9.32. The lowest BCUT2D eigenvalue weighted by atomic mass is 10.0. The second-order valence-electron chi connectivity index (χ2n) is 9.32. The Morgan fingerprint density at radius 3 is 2.67 bits per heavy atom. The predicted octanol–water partition coefficient (Wildman–Crippen LogP) is 5.07. The summed E-state index contributed by atoms with van der Waals surface area (Å²) < 4.78 is 20.3. The van der Waals surface area contributed by atoms with Crippen LogP contribution in [-0.4, -0.2) is 67.2 Å². The van der Waals surface area contributed by atoms with Crippen molar-refractivity contribution in [1.82, 2.24) is 14.9 Å². The number of halogens is 1. The number of anilines is 4. The monoisotopic (exact) mass is 526 g/mol. The van der Waals surface area contributed by atoms with E-state index >= 15 is 4.39 Å². The Kier molecular flexibility index (Phi) is 8.10. The van der Waals surface area contributed by atoms with E-state index in [1.54, 1.807) is 19.4 Å². The second kappa shape index (κ2) is 12.0. The lowest BCUT2D eigenvalue weighted by Gasteiger charge is -2.36. The maximum atomic E-state index is 15.1. The van der Waals surface area contributed by atoms with E-state index in [0.29, 0.717) is 29.6 Å². The van der Waals surface area contributed by atoms with Crippen LogP contribution in [0.5, 0.6) is 0 Å². The topological polar surface area (TPSA) is 82.6 Å². The zero-order chi connectivity index (χ0) is 27.2. The van der Waals surface area contributed by atoms with Crippen molar-refractivity contribution >= 4 is 39.8 Å². The summed E-state index contributed by atoms with van der Waals surface area (Å²) in [7, 11) is 1.70. The first kappa shape index (κ1) is 26.3. The van der Waals surface area contributed by atoms with Gasteiger partial charge in [-0.15, -0.1) is 0 Å². The van der Waals surface area contributed by atoms with E-state index in [1.807, 2.05) is 48.5 Å². The van der Waals surface area contributed by atoms with E-state index in [0.717, 1.165) is 54.8 Å². The smallest absolute Gasteiger partial charge is 0.247 e. The number of rotatable bonds is 9. The summed E-state index contributed by atoms with van der Waals surface area (Å²) in [6.07, 6.45) is 2.97. The highest BCUT2D eigenvalue weighted by molar-refractivity contribution is 6.00. The molecule has 1 amide bonds. The van der Waals surface area contributed by atoms with Gasteiger partial charge in [0.2, 0.25) is 11.9 Å². The number of carbonyl (C=O) groups is 1. The van der Waals surface area contributed by atoms with Crippen LogP contribution in [0.2, 0.25) is 0 Å². The Bertz CT molecular complexity index is 1490. The first-order valence-corrected chi connectivity index (χ1v) is 12.9. The maximum absolute atomic E-state index is 15.1. The minimum absolute atomic E-state index is 0.276. The number of hydrogen-bond donors (Lipinski definition) is 2. The van der Waals surface area contributed by atoms with Gasteiger partial charge in [-0.05, 0) is 42.0 Å². The fourth-order valence-electron chi connectivity index (χ4n) is 4.71. The van der Waals surface area contributed by atoms with Crippen LogP contribution in [0.25, 0.3) is 22.0 Å². The molecule has 1 saturated heterocycles. The molecule has 1 aromatic heterocycles. The Balaban J connectivity index is 1.34. The van der Waals surface area contributed by atoms with Gasteiger partial charge in [-0.1, -0.05) is 36.9 Å². The third-order valence-corrected chi connectivity index (χ3v) is 6.77. The molecule has 0 spiro atoms. The van der Waals surface area contributed by atoms with Crippen LogP contribution in [0.15, 0.2) is 79.5 Å². The molecule has 2 heterocycles. The lowest BCUT2D eigenvalue weighted by Crippen LogP contribution is -2.47. The predicted molar refractivity (Wildman–Crippen MR) is 154 cm³/mol. The molecule has 0 bridgehead atoms. The van der Waals surface area contributed by atoms with Gasteiger partial charge in [0, 0.05) is 68.4 Å². The normalized spacial score (nSPS) is 13.8. The molecule has 4 aromatic rings. The number of nitrogens with zero attached hydrogens (tertiary/aromatic N) is 4. The van der Waals surface area contributed by atoms with Gasteiger partial charge in [-0.2, -0.15) is 0 Å². The molecule has 0 saturated carbocycles. The van der Waals surface area contributed by atoms with Crippen molar-refractivity contribution in [2.75, 3.05) is 62.0 Å².